The third kappa shape index (κ3) is 5.84. The SMILES string of the molecule is COc1ccc(C)cc1S(=O)(=O)N(CC(=O)N[C@H](C)c1ccc(Cl)cc1)c1ccc(C)c(Cl)c1. The van der Waals surface area contributed by atoms with E-state index in [4.69, 9.17) is 27.9 Å². The normalized spacial score (nSPS) is 12.2. The number of nitrogens with one attached hydrogen (secondary N) is 1. The lowest BCUT2D eigenvalue weighted by atomic mass is 10.1. The van der Waals surface area contributed by atoms with Crippen LogP contribution in [0.1, 0.15) is 29.7 Å². The third-order valence-corrected chi connectivity index (χ3v) is 7.82. The van der Waals surface area contributed by atoms with Crippen LogP contribution in [0.5, 0.6) is 5.75 Å². The first-order valence-electron chi connectivity index (χ1n) is 10.5. The van der Waals surface area contributed by atoms with Crippen molar-refractivity contribution in [2.45, 2.75) is 31.7 Å². The van der Waals surface area contributed by atoms with Crippen molar-refractivity contribution in [1.29, 1.82) is 0 Å². The predicted molar refractivity (Wildman–Crippen MR) is 136 cm³/mol. The van der Waals surface area contributed by atoms with E-state index in [1.165, 1.54) is 19.2 Å². The van der Waals surface area contributed by atoms with Gasteiger partial charge in [0.05, 0.1) is 18.8 Å². The number of hydrogen-bond donors (Lipinski definition) is 1. The van der Waals surface area contributed by atoms with Crippen LogP contribution < -0.4 is 14.4 Å². The van der Waals surface area contributed by atoms with E-state index in [9.17, 15) is 13.2 Å². The summed E-state index contributed by atoms with van der Waals surface area (Å²) in [6, 6.07) is 16.4. The van der Waals surface area contributed by atoms with Crippen molar-refractivity contribution >= 4 is 44.8 Å². The van der Waals surface area contributed by atoms with Crippen LogP contribution in [0.25, 0.3) is 0 Å². The molecule has 0 unspecified atom stereocenters. The van der Waals surface area contributed by atoms with Crippen LogP contribution in [0.4, 0.5) is 5.69 Å². The summed E-state index contributed by atoms with van der Waals surface area (Å²) in [5.74, 6) is -0.293. The Kier molecular flexibility index (Phi) is 8.13. The number of hydrogen-bond acceptors (Lipinski definition) is 4. The number of benzene rings is 3. The Bertz CT molecular complexity index is 1290. The van der Waals surface area contributed by atoms with Crippen molar-refractivity contribution in [1.82, 2.24) is 5.32 Å². The number of rotatable bonds is 8. The first-order valence-corrected chi connectivity index (χ1v) is 12.7. The molecular formula is C25H26Cl2N2O4S. The molecule has 1 amide bonds. The number of ether oxygens (including phenoxy) is 1. The van der Waals surface area contributed by atoms with Gasteiger partial charge in [-0.1, -0.05) is 47.5 Å². The van der Waals surface area contributed by atoms with Crippen molar-refractivity contribution in [2.24, 2.45) is 0 Å². The Morgan fingerprint density at radius 2 is 1.71 bits per heavy atom. The fraction of sp³-hybridized carbons (Fsp3) is 0.240. The number of sulfonamides is 1. The summed E-state index contributed by atoms with van der Waals surface area (Å²) in [7, 11) is -2.78. The average Bonchev–Trinajstić information content (AvgIpc) is 2.79. The molecule has 3 rings (SSSR count). The number of methoxy groups -OCH3 is 1. The van der Waals surface area contributed by atoms with Crippen LogP contribution in [-0.4, -0.2) is 28.0 Å². The lowest BCUT2D eigenvalue weighted by Crippen LogP contribution is -2.41. The van der Waals surface area contributed by atoms with Gasteiger partial charge in [-0.15, -0.1) is 0 Å². The van der Waals surface area contributed by atoms with E-state index in [1.807, 2.05) is 13.8 Å². The molecule has 3 aromatic rings. The van der Waals surface area contributed by atoms with Gasteiger partial charge in [0.1, 0.15) is 17.2 Å². The lowest BCUT2D eigenvalue weighted by molar-refractivity contribution is -0.120. The van der Waals surface area contributed by atoms with Gasteiger partial charge in [-0.05, 0) is 73.9 Å². The Balaban J connectivity index is 1.99. The van der Waals surface area contributed by atoms with E-state index < -0.39 is 22.5 Å². The monoisotopic (exact) mass is 520 g/mol. The number of anilines is 1. The van der Waals surface area contributed by atoms with Gasteiger partial charge in [-0.25, -0.2) is 8.42 Å². The zero-order chi connectivity index (χ0) is 25.0. The topological polar surface area (TPSA) is 75.7 Å². The standard InChI is InChI=1S/C25H26Cl2N2O4S/c1-16-5-12-23(33-4)24(13-16)34(31,32)29(21-11-6-17(2)22(27)14-21)15-25(30)28-18(3)19-7-9-20(26)10-8-19/h5-14,18H,15H2,1-4H3,(H,28,30)/t18-/m1/s1. The van der Waals surface area contributed by atoms with Gasteiger partial charge in [0.15, 0.2) is 0 Å². The minimum atomic E-state index is -4.18. The summed E-state index contributed by atoms with van der Waals surface area (Å²) in [6.45, 7) is 4.96. The van der Waals surface area contributed by atoms with E-state index >= 15 is 0 Å². The van der Waals surface area contributed by atoms with E-state index in [-0.39, 0.29) is 22.4 Å². The van der Waals surface area contributed by atoms with Gasteiger partial charge < -0.3 is 10.1 Å². The maximum atomic E-state index is 13.8. The van der Waals surface area contributed by atoms with Gasteiger partial charge in [0, 0.05) is 10.0 Å². The molecule has 34 heavy (non-hydrogen) atoms. The summed E-state index contributed by atoms with van der Waals surface area (Å²) in [5, 5.41) is 3.83. The molecule has 0 fully saturated rings. The summed E-state index contributed by atoms with van der Waals surface area (Å²) in [4.78, 5) is 13.0. The van der Waals surface area contributed by atoms with Crippen LogP contribution >= 0.6 is 23.2 Å². The largest absolute Gasteiger partial charge is 0.495 e. The Hall–Kier alpha value is -2.74. The first kappa shape index (κ1) is 25.9. The quantitative estimate of drug-likeness (QED) is 0.413. The highest BCUT2D eigenvalue weighted by Crippen LogP contribution is 2.32. The van der Waals surface area contributed by atoms with Gasteiger partial charge in [-0.2, -0.15) is 0 Å². The van der Waals surface area contributed by atoms with Crippen LogP contribution in [0.15, 0.2) is 65.6 Å². The Labute approximate surface area is 210 Å². The number of aryl methyl sites for hydroxylation is 2. The van der Waals surface area contributed by atoms with Gasteiger partial charge >= 0.3 is 0 Å². The van der Waals surface area contributed by atoms with E-state index in [0.717, 1.165) is 21.0 Å². The maximum Gasteiger partial charge on any atom is 0.268 e. The Morgan fingerprint density at radius 1 is 1.03 bits per heavy atom. The maximum absolute atomic E-state index is 13.8. The van der Waals surface area contributed by atoms with Crippen LogP contribution in [-0.2, 0) is 14.8 Å². The van der Waals surface area contributed by atoms with Gasteiger partial charge in [-0.3, -0.25) is 9.10 Å². The third-order valence-electron chi connectivity index (χ3n) is 5.37. The van der Waals surface area contributed by atoms with Crippen molar-refractivity contribution in [3.8, 4) is 5.75 Å². The molecule has 3 aromatic carbocycles. The molecule has 0 saturated carbocycles. The van der Waals surface area contributed by atoms with Crippen molar-refractivity contribution in [3.05, 3.63) is 87.4 Å². The van der Waals surface area contributed by atoms with Gasteiger partial charge in [0.2, 0.25) is 5.91 Å². The molecule has 0 aromatic heterocycles. The molecular weight excluding hydrogens is 495 g/mol. The molecule has 0 spiro atoms. The minimum absolute atomic E-state index is 0.0368. The molecule has 6 nitrogen and oxygen atoms in total. The molecule has 0 heterocycles. The smallest absolute Gasteiger partial charge is 0.268 e. The summed E-state index contributed by atoms with van der Waals surface area (Å²) in [6.07, 6.45) is 0. The van der Waals surface area contributed by atoms with Crippen molar-refractivity contribution in [3.63, 3.8) is 0 Å². The van der Waals surface area contributed by atoms with Crippen LogP contribution in [0, 0.1) is 13.8 Å². The van der Waals surface area contributed by atoms with Crippen LogP contribution in [0.3, 0.4) is 0 Å². The second-order valence-electron chi connectivity index (χ2n) is 7.94. The highest BCUT2D eigenvalue weighted by Gasteiger charge is 2.31. The summed E-state index contributed by atoms with van der Waals surface area (Å²) < 4.78 is 33.9. The highest BCUT2D eigenvalue weighted by molar-refractivity contribution is 7.93. The number of carbonyl (C=O) groups is 1. The molecule has 180 valence electrons. The molecule has 1 N–H and O–H groups in total. The first-order chi connectivity index (χ1) is 16.0. The van der Waals surface area contributed by atoms with Gasteiger partial charge in [0.25, 0.3) is 10.0 Å². The number of carbonyl (C=O) groups excluding carboxylic acids is 1. The number of halogens is 2. The summed E-state index contributed by atoms with van der Waals surface area (Å²) >= 11 is 12.2. The molecule has 0 saturated heterocycles. The molecule has 0 aliphatic rings. The molecule has 9 heteroatoms. The van der Waals surface area contributed by atoms with Crippen molar-refractivity contribution in [2.75, 3.05) is 18.0 Å². The van der Waals surface area contributed by atoms with E-state index in [1.54, 1.807) is 55.5 Å². The Morgan fingerprint density at radius 3 is 2.32 bits per heavy atom. The van der Waals surface area contributed by atoms with Crippen LogP contribution in [0.2, 0.25) is 10.0 Å². The zero-order valence-corrected chi connectivity index (χ0v) is 21.6. The van der Waals surface area contributed by atoms with E-state index in [0.29, 0.717) is 10.0 Å². The second kappa shape index (κ2) is 10.7. The lowest BCUT2D eigenvalue weighted by Gasteiger charge is -2.26. The molecule has 0 aliphatic heterocycles. The highest BCUT2D eigenvalue weighted by atomic mass is 35.5. The molecule has 0 aliphatic carbocycles. The van der Waals surface area contributed by atoms with E-state index in [2.05, 4.69) is 5.32 Å². The minimum Gasteiger partial charge on any atom is -0.495 e. The number of amides is 1. The molecule has 0 bridgehead atoms. The molecule has 0 radical (unpaired) electrons. The number of nitrogens with zero attached hydrogens (tertiary/aromatic N) is 1. The molecule has 1 atom stereocenters. The average molecular weight is 521 g/mol. The predicted octanol–water partition coefficient (Wildman–Crippen LogP) is 5.69. The second-order valence-corrected chi connectivity index (χ2v) is 10.6. The van der Waals surface area contributed by atoms with Crippen molar-refractivity contribution < 1.29 is 17.9 Å². The summed E-state index contributed by atoms with van der Waals surface area (Å²) in [5.41, 5.74) is 2.64. The fourth-order valence-corrected chi connectivity index (χ4v) is 5.37. The fourth-order valence-electron chi connectivity index (χ4n) is 3.41. The zero-order valence-electron chi connectivity index (χ0n) is 19.3.